The molecule has 0 bridgehead atoms. The molecule has 0 saturated carbocycles. The Balaban J connectivity index is 2.27. The molecule has 130 valence electrons. The summed E-state index contributed by atoms with van der Waals surface area (Å²) in [5.74, 6) is 0.744. The Labute approximate surface area is 143 Å². The summed E-state index contributed by atoms with van der Waals surface area (Å²) in [4.78, 5) is 18.9. The number of carbonyl (C=O) groups excluding carboxylic acids is 1. The molecule has 0 aromatic carbocycles. The van der Waals surface area contributed by atoms with E-state index in [0.717, 1.165) is 28.3 Å². The van der Waals surface area contributed by atoms with Gasteiger partial charge in [-0.15, -0.1) is 0 Å². The monoisotopic (exact) mass is 330 g/mol. The van der Waals surface area contributed by atoms with Crippen molar-refractivity contribution >= 4 is 5.91 Å². The van der Waals surface area contributed by atoms with Crippen molar-refractivity contribution < 1.29 is 9.53 Å². The second kappa shape index (κ2) is 6.63. The van der Waals surface area contributed by atoms with Gasteiger partial charge < -0.3 is 9.64 Å². The lowest BCUT2D eigenvalue weighted by atomic mass is 9.89. The summed E-state index contributed by atoms with van der Waals surface area (Å²) < 4.78 is 5.44. The van der Waals surface area contributed by atoms with E-state index in [0.29, 0.717) is 12.1 Å². The van der Waals surface area contributed by atoms with Gasteiger partial charge in [0.05, 0.1) is 36.8 Å². The second-order valence-electron chi connectivity index (χ2n) is 7.12. The van der Waals surface area contributed by atoms with E-state index < -0.39 is 0 Å². The van der Waals surface area contributed by atoms with Crippen LogP contribution in [0.1, 0.15) is 53.6 Å². The maximum absolute atomic E-state index is 12.8. The number of H-pyrrole nitrogens is 1. The third-order valence-corrected chi connectivity index (χ3v) is 4.10. The molecule has 1 amide bonds. The van der Waals surface area contributed by atoms with Crippen LogP contribution in [-0.2, 0) is 12.0 Å². The molecule has 0 unspecified atom stereocenters. The topological polar surface area (TPSA) is 71.1 Å². The van der Waals surface area contributed by atoms with Crippen molar-refractivity contribution in [2.75, 3.05) is 14.2 Å². The molecule has 2 aromatic heterocycles. The molecule has 6 nitrogen and oxygen atoms in total. The van der Waals surface area contributed by atoms with E-state index in [9.17, 15) is 4.79 Å². The van der Waals surface area contributed by atoms with Gasteiger partial charge in [-0.3, -0.25) is 14.9 Å². The first-order valence-corrected chi connectivity index (χ1v) is 7.95. The number of aromatic amines is 1. The number of pyridine rings is 1. The fourth-order valence-corrected chi connectivity index (χ4v) is 2.75. The van der Waals surface area contributed by atoms with Gasteiger partial charge >= 0.3 is 0 Å². The Kier molecular flexibility index (Phi) is 4.96. The Morgan fingerprint density at radius 2 is 1.96 bits per heavy atom. The number of hydrogen-bond donors (Lipinski definition) is 1. The van der Waals surface area contributed by atoms with Gasteiger partial charge in [-0.2, -0.15) is 5.10 Å². The smallest absolute Gasteiger partial charge is 0.257 e. The largest absolute Gasteiger partial charge is 0.496 e. The number of amides is 1. The lowest BCUT2D eigenvalue weighted by molar-refractivity contribution is 0.0780. The molecule has 0 atom stereocenters. The summed E-state index contributed by atoms with van der Waals surface area (Å²) in [5.41, 5.74) is 4.03. The van der Waals surface area contributed by atoms with Gasteiger partial charge in [0, 0.05) is 29.8 Å². The van der Waals surface area contributed by atoms with Crippen LogP contribution in [0.4, 0.5) is 0 Å². The number of nitrogens with zero attached hydrogens (tertiary/aromatic N) is 3. The van der Waals surface area contributed by atoms with Crippen molar-refractivity contribution in [2.45, 2.75) is 46.6 Å². The van der Waals surface area contributed by atoms with Crippen LogP contribution < -0.4 is 4.74 Å². The second-order valence-corrected chi connectivity index (χ2v) is 7.12. The standard InChI is InChI=1S/C18H26N4O2/c1-11-8-19-14(12(2)15(11)24-7)10-22(6)17(23)13-9-20-21-16(13)18(3,4)5/h8-9H,10H2,1-7H3,(H,20,21). The summed E-state index contributed by atoms with van der Waals surface area (Å²) >= 11 is 0. The van der Waals surface area contributed by atoms with E-state index in [1.807, 2.05) is 34.6 Å². The van der Waals surface area contributed by atoms with Crippen molar-refractivity contribution in [3.05, 3.63) is 40.5 Å². The number of ether oxygens (including phenoxy) is 1. The third kappa shape index (κ3) is 3.42. The number of methoxy groups -OCH3 is 1. The maximum atomic E-state index is 12.8. The van der Waals surface area contributed by atoms with Gasteiger partial charge in [0.2, 0.25) is 0 Å². The van der Waals surface area contributed by atoms with Gasteiger partial charge in [0.15, 0.2) is 0 Å². The van der Waals surface area contributed by atoms with E-state index in [4.69, 9.17) is 4.74 Å². The van der Waals surface area contributed by atoms with Crippen LogP contribution in [0.3, 0.4) is 0 Å². The highest BCUT2D eigenvalue weighted by Crippen LogP contribution is 2.26. The molecule has 24 heavy (non-hydrogen) atoms. The lowest BCUT2D eigenvalue weighted by Crippen LogP contribution is -2.29. The fraction of sp³-hybridized carbons (Fsp3) is 0.500. The van der Waals surface area contributed by atoms with Gasteiger partial charge in [0.1, 0.15) is 5.75 Å². The SMILES string of the molecule is COc1c(C)cnc(CN(C)C(=O)c2cn[nH]c2C(C)(C)C)c1C. The number of rotatable bonds is 4. The minimum atomic E-state index is -0.177. The highest BCUT2D eigenvalue weighted by Gasteiger charge is 2.26. The average molecular weight is 330 g/mol. The van der Waals surface area contributed by atoms with Crippen LogP contribution in [0.25, 0.3) is 0 Å². The Bertz CT molecular complexity index is 744. The van der Waals surface area contributed by atoms with Gasteiger partial charge in [-0.1, -0.05) is 20.8 Å². The third-order valence-electron chi connectivity index (χ3n) is 4.10. The Morgan fingerprint density at radius 3 is 2.54 bits per heavy atom. The highest BCUT2D eigenvalue weighted by molar-refractivity contribution is 5.95. The van der Waals surface area contributed by atoms with Gasteiger partial charge in [-0.05, 0) is 13.8 Å². The van der Waals surface area contributed by atoms with Crippen molar-refractivity contribution in [3.63, 3.8) is 0 Å². The number of hydrogen-bond acceptors (Lipinski definition) is 4. The van der Waals surface area contributed by atoms with E-state index in [1.54, 1.807) is 31.5 Å². The van der Waals surface area contributed by atoms with Crippen LogP contribution in [0, 0.1) is 13.8 Å². The first-order valence-electron chi connectivity index (χ1n) is 7.95. The zero-order valence-electron chi connectivity index (χ0n) is 15.5. The molecule has 0 fully saturated rings. The Morgan fingerprint density at radius 1 is 1.29 bits per heavy atom. The molecular formula is C18H26N4O2. The van der Waals surface area contributed by atoms with Crippen LogP contribution in [0.5, 0.6) is 5.75 Å². The zero-order chi connectivity index (χ0) is 18.1. The summed E-state index contributed by atoms with van der Waals surface area (Å²) in [6.07, 6.45) is 3.37. The normalized spacial score (nSPS) is 11.5. The average Bonchev–Trinajstić information content (AvgIpc) is 2.99. The number of aryl methyl sites for hydroxylation is 1. The fourth-order valence-electron chi connectivity index (χ4n) is 2.75. The van der Waals surface area contributed by atoms with E-state index >= 15 is 0 Å². The molecule has 0 aliphatic rings. The number of carbonyl (C=O) groups is 1. The minimum absolute atomic E-state index is 0.0746. The molecular weight excluding hydrogens is 304 g/mol. The van der Waals surface area contributed by atoms with Crippen molar-refractivity contribution in [3.8, 4) is 5.75 Å². The summed E-state index contributed by atoms with van der Waals surface area (Å²) in [6, 6.07) is 0. The summed E-state index contributed by atoms with van der Waals surface area (Å²) in [7, 11) is 3.42. The van der Waals surface area contributed by atoms with E-state index in [1.165, 1.54) is 0 Å². The van der Waals surface area contributed by atoms with Gasteiger partial charge in [-0.25, -0.2) is 0 Å². The predicted molar refractivity (Wildman–Crippen MR) is 93.3 cm³/mol. The van der Waals surface area contributed by atoms with Crippen molar-refractivity contribution in [1.29, 1.82) is 0 Å². The zero-order valence-corrected chi connectivity index (χ0v) is 15.5. The molecule has 0 spiro atoms. The van der Waals surface area contributed by atoms with Crippen LogP contribution in [0.15, 0.2) is 12.4 Å². The number of nitrogens with one attached hydrogen (secondary N) is 1. The first kappa shape index (κ1) is 18.0. The van der Waals surface area contributed by atoms with Crippen LogP contribution in [-0.4, -0.2) is 40.1 Å². The molecule has 0 aliphatic heterocycles. The first-order chi connectivity index (χ1) is 11.2. The predicted octanol–water partition coefficient (Wildman–Crippen LogP) is 3.00. The minimum Gasteiger partial charge on any atom is -0.496 e. The molecule has 0 radical (unpaired) electrons. The quantitative estimate of drug-likeness (QED) is 0.935. The highest BCUT2D eigenvalue weighted by atomic mass is 16.5. The van der Waals surface area contributed by atoms with E-state index in [2.05, 4.69) is 15.2 Å². The van der Waals surface area contributed by atoms with Crippen LogP contribution in [0.2, 0.25) is 0 Å². The van der Waals surface area contributed by atoms with Crippen molar-refractivity contribution in [2.24, 2.45) is 0 Å². The number of aromatic nitrogens is 3. The molecule has 2 aromatic rings. The summed E-state index contributed by atoms with van der Waals surface area (Å²) in [6.45, 7) is 10.5. The van der Waals surface area contributed by atoms with Gasteiger partial charge in [0.25, 0.3) is 5.91 Å². The molecule has 1 N–H and O–H groups in total. The maximum Gasteiger partial charge on any atom is 0.257 e. The molecule has 2 heterocycles. The molecule has 0 aliphatic carbocycles. The molecule has 0 saturated heterocycles. The summed E-state index contributed by atoms with van der Waals surface area (Å²) in [5, 5.41) is 7.00. The van der Waals surface area contributed by atoms with E-state index in [-0.39, 0.29) is 11.3 Å². The van der Waals surface area contributed by atoms with Crippen LogP contribution >= 0.6 is 0 Å². The lowest BCUT2D eigenvalue weighted by Gasteiger charge is -2.22. The molecule has 6 heteroatoms. The molecule has 2 rings (SSSR count). The Hall–Kier alpha value is -2.37. The van der Waals surface area contributed by atoms with Crippen molar-refractivity contribution in [1.82, 2.24) is 20.1 Å².